The standard InChI is InChI=1S/C31H28Cl2N2O5/c1-4-7-21-14-20(16-27(39-6-3)28(21)40-18-22-10-11-23(32)17-26(22)33)15-25-29(36)34-31(38)35(30(25)37)24-12-8-19(5-2)9-13-24/h4,8-17H,1,5-7,18H2,2-3H3,(H,34,36,38)/b25-15-. The summed E-state index contributed by atoms with van der Waals surface area (Å²) in [6.45, 7) is 8.19. The van der Waals surface area contributed by atoms with Gasteiger partial charge in [0.25, 0.3) is 11.8 Å². The zero-order valence-corrected chi connectivity index (χ0v) is 23.6. The molecule has 0 spiro atoms. The lowest BCUT2D eigenvalue weighted by Gasteiger charge is -2.26. The van der Waals surface area contributed by atoms with Crippen molar-refractivity contribution in [3.63, 3.8) is 0 Å². The van der Waals surface area contributed by atoms with Gasteiger partial charge in [0, 0.05) is 21.2 Å². The van der Waals surface area contributed by atoms with Crippen LogP contribution in [-0.4, -0.2) is 24.5 Å². The van der Waals surface area contributed by atoms with Gasteiger partial charge in [0.15, 0.2) is 11.5 Å². The van der Waals surface area contributed by atoms with Crippen molar-refractivity contribution < 1.29 is 23.9 Å². The van der Waals surface area contributed by atoms with E-state index in [1.807, 2.05) is 26.0 Å². The average Bonchev–Trinajstić information content (AvgIpc) is 2.92. The van der Waals surface area contributed by atoms with Gasteiger partial charge >= 0.3 is 6.03 Å². The number of ether oxygens (including phenoxy) is 2. The predicted molar refractivity (Wildman–Crippen MR) is 157 cm³/mol. The molecule has 0 aromatic heterocycles. The van der Waals surface area contributed by atoms with Crippen molar-refractivity contribution in [1.29, 1.82) is 0 Å². The first-order valence-corrected chi connectivity index (χ1v) is 13.5. The topological polar surface area (TPSA) is 84.9 Å². The molecular weight excluding hydrogens is 551 g/mol. The van der Waals surface area contributed by atoms with Crippen molar-refractivity contribution in [2.45, 2.75) is 33.3 Å². The summed E-state index contributed by atoms with van der Waals surface area (Å²) in [6, 6.07) is 14.8. The third-order valence-electron chi connectivity index (χ3n) is 6.22. The smallest absolute Gasteiger partial charge is 0.335 e. The zero-order chi connectivity index (χ0) is 28.8. The number of halogens is 2. The number of urea groups is 1. The van der Waals surface area contributed by atoms with Crippen LogP contribution in [0.1, 0.15) is 36.1 Å². The summed E-state index contributed by atoms with van der Waals surface area (Å²) in [6.07, 6.45) is 4.39. The molecule has 1 aliphatic heterocycles. The minimum Gasteiger partial charge on any atom is -0.490 e. The van der Waals surface area contributed by atoms with E-state index in [9.17, 15) is 14.4 Å². The lowest BCUT2D eigenvalue weighted by molar-refractivity contribution is -0.122. The van der Waals surface area contributed by atoms with E-state index in [0.29, 0.717) is 45.8 Å². The maximum absolute atomic E-state index is 13.4. The van der Waals surface area contributed by atoms with Gasteiger partial charge in [0.05, 0.1) is 12.3 Å². The second-order valence-corrected chi connectivity index (χ2v) is 9.78. The van der Waals surface area contributed by atoms with Crippen LogP contribution in [0.15, 0.2) is 72.8 Å². The molecule has 4 rings (SSSR count). The quantitative estimate of drug-likeness (QED) is 0.160. The van der Waals surface area contributed by atoms with Gasteiger partial charge in [-0.3, -0.25) is 14.9 Å². The first-order valence-electron chi connectivity index (χ1n) is 12.7. The van der Waals surface area contributed by atoms with Gasteiger partial charge in [-0.15, -0.1) is 6.58 Å². The molecular formula is C31H28Cl2N2O5. The molecule has 40 heavy (non-hydrogen) atoms. The number of allylic oxidation sites excluding steroid dienone is 1. The lowest BCUT2D eigenvalue weighted by atomic mass is 10.0. The van der Waals surface area contributed by atoms with Crippen LogP contribution in [0.25, 0.3) is 6.08 Å². The van der Waals surface area contributed by atoms with Crippen LogP contribution in [0.3, 0.4) is 0 Å². The van der Waals surface area contributed by atoms with Crippen LogP contribution in [0.5, 0.6) is 11.5 Å². The van der Waals surface area contributed by atoms with E-state index < -0.39 is 17.8 Å². The van der Waals surface area contributed by atoms with Gasteiger partial charge in [0.1, 0.15) is 12.2 Å². The van der Waals surface area contributed by atoms with Crippen molar-refractivity contribution in [2.24, 2.45) is 0 Å². The number of hydrogen-bond acceptors (Lipinski definition) is 5. The summed E-state index contributed by atoms with van der Waals surface area (Å²) in [5.74, 6) is -0.594. The number of nitrogens with zero attached hydrogens (tertiary/aromatic N) is 1. The fourth-order valence-electron chi connectivity index (χ4n) is 4.23. The molecule has 1 aliphatic rings. The van der Waals surface area contributed by atoms with Crippen molar-refractivity contribution in [3.8, 4) is 11.5 Å². The second-order valence-electron chi connectivity index (χ2n) is 8.94. The number of carbonyl (C=O) groups excluding carboxylic acids is 3. The molecule has 9 heteroatoms. The number of hydrogen-bond donors (Lipinski definition) is 1. The Bertz CT molecular complexity index is 1500. The molecule has 0 radical (unpaired) electrons. The predicted octanol–water partition coefficient (Wildman–Crippen LogP) is 6.93. The van der Waals surface area contributed by atoms with E-state index in [0.717, 1.165) is 28.0 Å². The summed E-state index contributed by atoms with van der Waals surface area (Å²) >= 11 is 12.3. The van der Waals surface area contributed by atoms with E-state index >= 15 is 0 Å². The molecule has 4 amide bonds. The number of nitrogens with one attached hydrogen (secondary N) is 1. The van der Waals surface area contributed by atoms with Gasteiger partial charge in [-0.25, -0.2) is 9.69 Å². The highest BCUT2D eigenvalue weighted by Gasteiger charge is 2.36. The minimum absolute atomic E-state index is 0.162. The van der Waals surface area contributed by atoms with E-state index in [4.69, 9.17) is 32.7 Å². The van der Waals surface area contributed by atoms with Crippen molar-refractivity contribution in [2.75, 3.05) is 11.5 Å². The van der Waals surface area contributed by atoms with Crippen molar-refractivity contribution in [3.05, 3.63) is 105 Å². The molecule has 206 valence electrons. The molecule has 0 unspecified atom stereocenters. The van der Waals surface area contributed by atoms with E-state index in [-0.39, 0.29) is 12.2 Å². The Morgan fingerprint density at radius 2 is 1.70 bits per heavy atom. The average molecular weight is 579 g/mol. The third-order valence-corrected chi connectivity index (χ3v) is 6.81. The lowest BCUT2D eigenvalue weighted by Crippen LogP contribution is -2.54. The highest BCUT2D eigenvalue weighted by atomic mass is 35.5. The van der Waals surface area contributed by atoms with E-state index in [1.54, 1.807) is 48.5 Å². The second kappa shape index (κ2) is 12.9. The van der Waals surface area contributed by atoms with Crippen LogP contribution >= 0.6 is 23.2 Å². The summed E-state index contributed by atoms with van der Waals surface area (Å²) in [5, 5.41) is 3.26. The van der Waals surface area contributed by atoms with Crippen LogP contribution in [0, 0.1) is 0 Å². The Kier molecular flexibility index (Phi) is 9.30. The summed E-state index contributed by atoms with van der Waals surface area (Å²) in [5.41, 5.74) is 3.22. The SMILES string of the molecule is C=CCc1cc(/C=C2/C(=O)NC(=O)N(c3ccc(CC)cc3)C2=O)cc(OCC)c1OCc1ccc(Cl)cc1Cl. The molecule has 3 aromatic carbocycles. The van der Waals surface area contributed by atoms with Crippen molar-refractivity contribution in [1.82, 2.24) is 5.32 Å². The number of carbonyl (C=O) groups is 3. The number of imide groups is 2. The van der Waals surface area contributed by atoms with Crippen LogP contribution in [0.2, 0.25) is 10.0 Å². The molecule has 0 bridgehead atoms. The molecule has 0 saturated carbocycles. The van der Waals surface area contributed by atoms with Gasteiger partial charge in [-0.05, 0) is 73.4 Å². The summed E-state index contributed by atoms with van der Waals surface area (Å²) in [4.78, 5) is 39.7. The molecule has 3 aromatic rings. The number of anilines is 1. The molecule has 1 N–H and O–H groups in total. The Labute approximate surface area is 243 Å². The highest BCUT2D eigenvalue weighted by molar-refractivity contribution is 6.39. The molecule has 0 aliphatic carbocycles. The Morgan fingerprint density at radius 3 is 2.35 bits per heavy atom. The van der Waals surface area contributed by atoms with Gasteiger partial charge < -0.3 is 9.47 Å². The molecule has 1 saturated heterocycles. The van der Waals surface area contributed by atoms with Gasteiger partial charge in [0.2, 0.25) is 0 Å². The van der Waals surface area contributed by atoms with Gasteiger partial charge in [-0.2, -0.15) is 0 Å². The Hall–Kier alpha value is -4.07. The number of benzene rings is 3. The highest BCUT2D eigenvalue weighted by Crippen LogP contribution is 2.36. The third kappa shape index (κ3) is 6.38. The van der Waals surface area contributed by atoms with Crippen molar-refractivity contribution >= 4 is 52.8 Å². The zero-order valence-electron chi connectivity index (χ0n) is 22.1. The number of barbiturate groups is 1. The first kappa shape index (κ1) is 28.9. The molecule has 0 atom stereocenters. The Balaban J connectivity index is 1.71. The van der Waals surface area contributed by atoms with Gasteiger partial charge in [-0.1, -0.05) is 54.4 Å². The van der Waals surface area contributed by atoms with Crippen LogP contribution < -0.4 is 19.7 Å². The number of amides is 4. The normalized spacial score (nSPS) is 14.3. The van der Waals surface area contributed by atoms with Crippen LogP contribution in [-0.2, 0) is 29.0 Å². The minimum atomic E-state index is -0.802. The fraction of sp³-hybridized carbons (Fsp3) is 0.194. The largest absolute Gasteiger partial charge is 0.490 e. The maximum Gasteiger partial charge on any atom is 0.335 e. The molecule has 1 heterocycles. The monoisotopic (exact) mass is 578 g/mol. The molecule has 7 nitrogen and oxygen atoms in total. The van der Waals surface area contributed by atoms with E-state index in [2.05, 4.69) is 11.9 Å². The molecule has 1 fully saturated rings. The number of aryl methyl sites for hydroxylation is 1. The maximum atomic E-state index is 13.4. The number of rotatable bonds is 10. The van der Waals surface area contributed by atoms with E-state index in [1.165, 1.54) is 6.08 Å². The summed E-state index contributed by atoms with van der Waals surface area (Å²) < 4.78 is 12.0. The van der Waals surface area contributed by atoms with Crippen LogP contribution in [0.4, 0.5) is 10.5 Å². The fourth-order valence-corrected chi connectivity index (χ4v) is 4.69. The summed E-state index contributed by atoms with van der Waals surface area (Å²) in [7, 11) is 0. The Morgan fingerprint density at radius 1 is 0.950 bits per heavy atom. The first-order chi connectivity index (χ1) is 19.2.